The van der Waals surface area contributed by atoms with Crippen molar-refractivity contribution in [2.45, 2.75) is 19.8 Å². The molecule has 2 N–H and O–H groups in total. The van der Waals surface area contributed by atoms with Gasteiger partial charge in [-0.3, -0.25) is 0 Å². The van der Waals surface area contributed by atoms with Crippen molar-refractivity contribution < 1.29 is 4.79 Å². The number of anilines is 1. The summed E-state index contributed by atoms with van der Waals surface area (Å²) in [7, 11) is 1.92. The van der Waals surface area contributed by atoms with E-state index < -0.39 is 0 Å². The first-order chi connectivity index (χ1) is 7.67. The molecule has 86 valence electrons. The lowest BCUT2D eigenvalue weighted by molar-refractivity contribution is 0.410. The average Bonchev–Trinajstić information content (AvgIpc) is 2.30. The van der Waals surface area contributed by atoms with E-state index >= 15 is 0 Å². The number of carbonyl (C=O) groups excluding carboxylic acids is 1. The lowest BCUT2D eigenvalue weighted by atomic mass is 10.1. The Morgan fingerprint density at radius 3 is 2.50 bits per heavy atom. The summed E-state index contributed by atoms with van der Waals surface area (Å²) in [6.45, 7) is 2.78. The van der Waals surface area contributed by atoms with E-state index in [-0.39, 0.29) is 0 Å². The van der Waals surface area contributed by atoms with E-state index in [1.807, 2.05) is 49.1 Å². The number of benzene rings is 1. The fourth-order valence-corrected chi connectivity index (χ4v) is 1.54. The molecule has 0 atom stereocenters. The van der Waals surface area contributed by atoms with Gasteiger partial charge in [0.2, 0.25) is 0 Å². The van der Waals surface area contributed by atoms with Crippen molar-refractivity contribution in [2.75, 3.05) is 19.3 Å². The minimum absolute atomic E-state index is 0.718. The van der Waals surface area contributed by atoms with Crippen molar-refractivity contribution in [1.82, 2.24) is 4.90 Å². The third-order valence-corrected chi connectivity index (χ3v) is 2.63. The first-order valence-electron chi connectivity index (χ1n) is 5.47. The Labute approximate surface area is 96.6 Å². The number of allylic oxidation sites excluding steroid dienone is 1. The van der Waals surface area contributed by atoms with E-state index in [2.05, 4.69) is 0 Å². The zero-order valence-corrected chi connectivity index (χ0v) is 9.86. The smallest absolute Gasteiger partial charge is 0.145 e. The van der Waals surface area contributed by atoms with Crippen LogP contribution in [0, 0.1) is 0 Å². The first kappa shape index (κ1) is 12.3. The standard InChI is InChI=1S/C13H18N2O/c1-3-13(10-16)15(2)9-8-11-4-6-12(14)7-5-11/h4-7H,3,8-9,14H2,1-2H3. The highest BCUT2D eigenvalue weighted by Crippen LogP contribution is 2.08. The maximum absolute atomic E-state index is 10.6. The Morgan fingerprint density at radius 2 is 2.00 bits per heavy atom. The molecule has 0 unspecified atom stereocenters. The molecule has 3 heteroatoms. The van der Waals surface area contributed by atoms with Gasteiger partial charge in [0.05, 0.1) is 5.70 Å². The van der Waals surface area contributed by atoms with Gasteiger partial charge in [0, 0.05) is 19.3 Å². The Balaban J connectivity index is 2.51. The number of nitrogens with two attached hydrogens (primary N) is 1. The molecule has 0 spiro atoms. The fraction of sp³-hybridized carbons (Fsp3) is 0.385. The molecule has 0 radical (unpaired) electrons. The van der Waals surface area contributed by atoms with Gasteiger partial charge in [0.15, 0.2) is 0 Å². The van der Waals surface area contributed by atoms with Gasteiger partial charge < -0.3 is 10.6 Å². The third kappa shape index (κ3) is 3.44. The van der Waals surface area contributed by atoms with Gasteiger partial charge in [0.25, 0.3) is 0 Å². The Hall–Kier alpha value is -1.73. The van der Waals surface area contributed by atoms with Crippen LogP contribution < -0.4 is 5.73 Å². The highest BCUT2D eigenvalue weighted by atomic mass is 16.1. The minimum Gasteiger partial charge on any atom is -0.399 e. The number of hydrogen-bond acceptors (Lipinski definition) is 3. The zero-order valence-electron chi connectivity index (χ0n) is 9.86. The molecule has 16 heavy (non-hydrogen) atoms. The van der Waals surface area contributed by atoms with E-state index in [0.717, 1.165) is 30.8 Å². The highest BCUT2D eigenvalue weighted by Gasteiger charge is 2.03. The van der Waals surface area contributed by atoms with Crippen molar-refractivity contribution in [3.05, 3.63) is 35.5 Å². The van der Waals surface area contributed by atoms with Crippen molar-refractivity contribution in [2.24, 2.45) is 0 Å². The summed E-state index contributed by atoms with van der Waals surface area (Å²) in [5.74, 6) is 1.97. The lowest BCUT2D eigenvalue weighted by Crippen LogP contribution is -2.20. The summed E-state index contributed by atoms with van der Waals surface area (Å²) in [5.41, 5.74) is 8.33. The largest absolute Gasteiger partial charge is 0.399 e. The molecule has 1 aromatic rings. The van der Waals surface area contributed by atoms with E-state index in [1.165, 1.54) is 5.56 Å². The van der Waals surface area contributed by atoms with E-state index in [1.54, 1.807) is 0 Å². The molecule has 1 aromatic carbocycles. The minimum atomic E-state index is 0.718. The molecule has 0 bridgehead atoms. The Kier molecular flexibility index (Phi) is 4.62. The van der Waals surface area contributed by atoms with Crippen molar-refractivity contribution in [3.63, 3.8) is 0 Å². The molecule has 0 aromatic heterocycles. The molecule has 0 fully saturated rings. The van der Waals surface area contributed by atoms with Gasteiger partial charge in [-0.1, -0.05) is 19.1 Å². The quantitative estimate of drug-likeness (QED) is 0.606. The Bertz CT molecular complexity index is 377. The number of likely N-dealkylation sites (N-methyl/N-ethyl adjacent to an activating group) is 1. The van der Waals surface area contributed by atoms with Gasteiger partial charge >= 0.3 is 0 Å². The van der Waals surface area contributed by atoms with Crippen molar-refractivity contribution in [1.29, 1.82) is 0 Å². The second-order valence-corrected chi connectivity index (χ2v) is 3.82. The van der Waals surface area contributed by atoms with Crippen LogP contribution in [0.2, 0.25) is 0 Å². The molecule has 0 aliphatic heterocycles. The molecular weight excluding hydrogens is 200 g/mol. The maximum Gasteiger partial charge on any atom is 0.145 e. The van der Waals surface area contributed by atoms with Gasteiger partial charge in [-0.2, -0.15) is 0 Å². The van der Waals surface area contributed by atoms with Crippen LogP contribution in [0.15, 0.2) is 30.0 Å². The third-order valence-electron chi connectivity index (χ3n) is 2.63. The number of hydrogen-bond donors (Lipinski definition) is 1. The zero-order chi connectivity index (χ0) is 12.0. The molecule has 3 nitrogen and oxygen atoms in total. The van der Waals surface area contributed by atoms with Crippen LogP contribution in [-0.2, 0) is 11.2 Å². The molecule has 0 aliphatic rings. The van der Waals surface area contributed by atoms with Gasteiger partial charge in [-0.25, -0.2) is 4.79 Å². The van der Waals surface area contributed by atoms with Crippen molar-refractivity contribution >= 4 is 11.6 Å². The van der Waals surface area contributed by atoms with Crippen LogP contribution in [0.5, 0.6) is 0 Å². The number of rotatable bonds is 5. The summed E-state index contributed by atoms with van der Waals surface area (Å²) in [6, 6.07) is 7.82. The van der Waals surface area contributed by atoms with Crippen LogP contribution in [0.3, 0.4) is 0 Å². The number of nitrogens with zero attached hydrogens (tertiary/aromatic N) is 1. The molecule has 0 saturated heterocycles. The fourth-order valence-electron chi connectivity index (χ4n) is 1.54. The summed E-state index contributed by atoms with van der Waals surface area (Å²) in [5, 5.41) is 0. The van der Waals surface area contributed by atoms with Gasteiger partial charge in [-0.05, 0) is 30.5 Å². The normalized spacial score (nSPS) is 9.62. The molecule has 0 saturated carbocycles. The van der Waals surface area contributed by atoms with Gasteiger partial charge in [0.1, 0.15) is 5.94 Å². The monoisotopic (exact) mass is 218 g/mol. The van der Waals surface area contributed by atoms with Crippen LogP contribution in [0.1, 0.15) is 18.9 Å². The average molecular weight is 218 g/mol. The van der Waals surface area contributed by atoms with E-state index in [9.17, 15) is 4.79 Å². The number of nitrogen functional groups attached to an aromatic ring is 1. The van der Waals surface area contributed by atoms with E-state index in [4.69, 9.17) is 5.73 Å². The van der Waals surface area contributed by atoms with Crippen LogP contribution in [-0.4, -0.2) is 24.4 Å². The molecule has 1 rings (SSSR count). The summed E-state index contributed by atoms with van der Waals surface area (Å²) in [6.07, 6.45) is 1.63. The maximum atomic E-state index is 10.6. The molecule has 0 amide bonds. The summed E-state index contributed by atoms with van der Waals surface area (Å²) in [4.78, 5) is 12.6. The second-order valence-electron chi connectivity index (χ2n) is 3.82. The Morgan fingerprint density at radius 1 is 1.38 bits per heavy atom. The van der Waals surface area contributed by atoms with Crippen LogP contribution >= 0.6 is 0 Å². The molecular formula is C13H18N2O. The first-order valence-corrected chi connectivity index (χ1v) is 5.47. The van der Waals surface area contributed by atoms with Crippen molar-refractivity contribution in [3.8, 4) is 0 Å². The van der Waals surface area contributed by atoms with Crippen LogP contribution in [0.25, 0.3) is 0 Å². The van der Waals surface area contributed by atoms with Gasteiger partial charge in [-0.15, -0.1) is 0 Å². The topological polar surface area (TPSA) is 46.3 Å². The molecule has 0 heterocycles. The highest BCUT2D eigenvalue weighted by molar-refractivity contribution is 5.51. The lowest BCUT2D eigenvalue weighted by Gasteiger charge is -2.18. The molecule has 0 aliphatic carbocycles. The summed E-state index contributed by atoms with van der Waals surface area (Å²) < 4.78 is 0. The van der Waals surface area contributed by atoms with Crippen LogP contribution in [0.4, 0.5) is 5.69 Å². The second kappa shape index (κ2) is 5.99. The predicted octanol–water partition coefficient (Wildman–Crippen LogP) is 1.87. The van der Waals surface area contributed by atoms with E-state index in [0.29, 0.717) is 0 Å². The predicted molar refractivity (Wildman–Crippen MR) is 66.7 cm³/mol. The SMILES string of the molecule is CCC(=C=O)N(C)CCc1ccc(N)cc1. The summed E-state index contributed by atoms with van der Waals surface area (Å²) >= 11 is 0.